The fraction of sp³-hybridized carbons (Fsp3) is 0.364. The highest BCUT2D eigenvalue weighted by Gasteiger charge is 2.21. The molecule has 2 aromatic heterocycles. The van der Waals surface area contributed by atoms with Crippen molar-refractivity contribution < 1.29 is 14.3 Å². The van der Waals surface area contributed by atoms with Crippen LogP contribution in [0.2, 0.25) is 0 Å². The molecule has 0 saturated carbocycles. The van der Waals surface area contributed by atoms with Gasteiger partial charge in [0.05, 0.1) is 18.3 Å². The van der Waals surface area contributed by atoms with Gasteiger partial charge < -0.3 is 10.1 Å². The molecule has 0 atom stereocenters. The molecule has 0 radical (unpaired) electrons. The second-order valence-electron chi connectivity index (χ2n) is 7.48. The van der Waals surface area contributed by atoms with Crippen LogP contribution >= 0.6 is 11.3 Å². The number of nitrogens with zero attached hydrogens (tertiary/aromatic N) is 2. The Hall–Kier alpha value is -3.00. The highest BCUT2D eigenvalue weighted by molar-refractivity contribution is 7.20. The Balaban J connectivity index is 1.73. The average molecular weight is 428 g/mol. The minimum Gasteiger partial charge on any atom is -0.461 e. The number of esters is 1. The van der Waals surface area contributed by atoms with Crippen LogP contribution in [0.3, 0.4) is 0 Å². The summed E-state index contributed by atoms with van der Waals surface area (Å²) in [6.45, 7) is 6.38. The van der Waals surface area contributed by atoms with E-state index in [2.05, 4.69) is 10.3 Å². The third kappa shape index (κ3) is 5.13. The van der Waals surface area contributed by atoms with Gasteiger partial charge in [-0.05, 0) is 24.0 Å². The van der Waals surface area contributed by atoms with Gasteiger partial charge in [-0.2, -0.15) is 0 Å². The van der Waals surface area contributed by atoms with Gasteiger partial charge in [-0.15, -0.1) is 11.3 Å². The summed E-state index contributed by atoms with van der Waals surface area (Å²) in [7, 11) is 0. The standard InChI is InChI=1S/C22H25N3O4S/c1-14(2)11-23-17(26)12-25-13-24-20-18(21(25)27)15(3)19(30-20)22(28)29-10-9-16-7-5-4-6-8-16/h4-8,13-14H,9-12H2,1-3H3,(H,23,26). The van der Waals surface area contributed by atoms with E-state index in [1.165, 1.54) is 10.9 Å². The SMILES string of the molecule is Cc1c(C(=O)OCCc2ccccc2)sc2ncn(CC(=O)NCC(C)C)c(=O)c12. The number of carbonyl (C=O) groups excluding carboxylic acids is 2. The Morgan fingerprint density at radius 2 is 1.97 bits per heavy atom. The molecule has 0 aliphatic heterocycles. The molecule has 0 fully saturated rings. The molecule has 0 unspecified atom stereocenters. The third-order valence-corrected chi connectivity index (χ3v) is 5.77. The number of aryl methyl sites for hydroxylation is 1. The highest BCUT2D eigenvalue weighted by Crippen LogP contribution is 2.27. The van der Waals surface area contributed by atoms with Crippen molar-refractivity contribution in [3.05, 3.63) is 63.0 Å². The van der Waals surface area contributed by atoms with E-state index in [1.54, 1.807) is 6.92 Å². The van der Waals surface area contributed by atoms with E-state index in [4.69, 9.17) is 4.74 Å². The number of carbonyl (C=O) groups is 2. The largest absolute Gasteiger partial charge is 0.461 e. The van der Waals surface area contributed by atoms with Crippen molar-refractivity contribution in [1.29, 1.82) is 0 Å². The van der Waals surface area contributed by atoms with Gasteiger partial charge in [0.2, 0.25) is 5.91 Å². The van der Waals surface area contributed by atoms with Crippen LogP contribution in [-0.4, -0.2) is 34.6 Å². The smallest absolute Gasteiger partial charge is 0.348 e. The number of benzene rings is 1. The van der Waals surface area contributed by atoms with Crippen LogP contribution in [0.1, 0.15) is 34.6 Å². The quantitative estimate of drug-likeness (QED) is 0.558. The van der Waals surface area contributed by atoms with E-state index in [9.17, 15) is 14.4 Å². The topological polar surface area (TPSA) is 90.3 Å². The number of fused-ring (bicyclic) bond motifs is 1. The van der Waals surface area contributed by atoms with Crippen LogP contribution in [0, 0.1) is 12.8 Å². The molecule has 3 aromatic rings. The molecule has 0 saturated heterocycles. The molecular weight excluding hydrogens is 402 g/mol. The summed E-state index contributed by atoms with van der Waals surface area (Å²) in [6, 6.07) is 9.76. The lowest BCUT2D eigenvalue weighted by Gasteiger charge is -2.09. The first-order valence-electron chi connectivity index (χ1n) is 9.83. The zero-order valence-corrected chi connectivity index (χ0v) is 18.1. The zero-order chi connectivity index (χ0) is 21.7. The number of nitrogens with one attached hydrogen (secondary N) is 1. The van der Waals surface area contributed by atoms with Gasteiger partial charge in [-0.1, -0.05) is 44.2 Å². The van der Waals surface area contributed by atoms with Crippen LogP contribution in [0.25, 0.3) is 10.2 Å². The van der Waals surface area contributed by atoms with Gasteiger partial charge in [0.1, 0.15) is 16.3 Å². The number of rotatable bonds is 8. The van der Waals surface area contributed by atoms with Crippen molar-refractivity contribution in [2.24, 2.45) is 5.92 Å². The van der Waals surface area contributed by atoms with Crippen molar-refractivity contribution >= 4 is 33.4 Å². The van der Waals surface area contributed by atoms with Crippen molar-refractivity contribution in [1.82, 2.24) is 14.9 Å². The number of amides is 1. The lowest BCUT2D eigenvalue weighted by atomic mass is 10.2. The van der Waals surface area contributed by atoms with Crippen molar-refractivity contribution in [2.75, 3.05) is 13.2 Å². The van der Waals surface area contributed by atoms with Crippen molar-refractivity contribution in [2.45, 2.75) is 33.7 Å². The maximum atomic E-state index is 12.9. The Morgan fingerprint density at radius 3 is 2.67 bits per heavy atom. The fourth-order valence-electron chi connectivity index (χ4n) is 2.97. The summed E-state index contributed by atoms with van der Waals surface area (Å²) in [5, 5.41) is 3.14. The number of ether oxygens (including phenoxy) is 1. The molecule has 2 heterocycles. The van der Waals surface area contributed by atoms with Crippen LogP contribution in [0.4, 0.5) is 0 Å². The van der Waals surface area contributed by atoms with Crippen molar-refractivity contribution in [3.63, 3.8) is 0 Å². The van der Waals surface area contributed by atoms with E-state index < -0.39 is 5.97 Å². The summed E-state index contributed by atoms with van der Waals surface area (Å²) in [5.74, 6) is -0.395. The average Bonchev–Trinajstić information content (AvgIpc) is 3.06. The van der Waals surface area contributed by atoms with Crippen molar-refractivity contribution in [3.8, 4) is 0 Å². The first kappa shape index (κ1) is 21.7. The molecule has 7 nitrogen and oxygen atoms in total. The summed E-state index contributed by atoms with van der Waals surface area (Å²) < 4.78 is 6.67. The maximum absolute atomic E-state index is 12.9. The van der Waals surface area contributed by atoms with Crippen LogP contribution in [-0.2, 0) is 22.5 Å². The predicted molar refractivity (Wildman–Crippen MR) is 117 cm³/mol. The van der Waals surface area contributed by atoms with Crippen LogP contribution in [0.5, 0.6) is 0 Å². The zero-order valence-electron chi connectivity index (χ0n) is 17.3. The molecule has 1 N–H and O–H groups in total. The van der Waals surface area contributed by atoms with Gasteiger partial charge in [0.15, 0.2) is 0 Å². The predicted octanol–water partition coefficient (Wildman–Crippen LogP) is 2.94. The van der Waals surface area contributed by atoms with E-state index in [1.807, 2.05) is 44.2 Å². The number of thiophene rings is 1. The van der Waals surface area contributed by atoms with Gasteiger partial charge in [0.25, 0.3) is 5.56 Å². The summed E-state index contributed by atoms with van der Waals surface area (Å²) in [6.07, 6.45) is 1.97. The van der Waals surface area contributed by atoms with E-state index in [0.29, 0.717) is 39.5 Å². The Kier molecular flexibility index (Phi) is 6.99. The van der Waals surface area contributed by atoms with Crippen LogP contribution < -0.4 is 10.9 Å². The Labute approximate surface area is 178 Å². The molecule has 0 aliphatic carbocycles. The number of hydrogen-bond acceptors (Lipinski definition) is 6. The number of hydrogen-bond donors (Lipinski definition) is 1. The fourth-order valence-corrected chi connectivity index (χ4v) is 4.00. The van der Waals surface area contributed by atoms with Gasteiger partial charge in [0, 0.05) is 13.0 Å². The van der Waals surface area contributed by atoms with E-state index >= 15 is 0 Å². The maximum Gasteiger partial charge on any atom is 0.348 e. The molecule has 0 spiro atoms. The molecule has 1 amide bonds. The monoisotopic (exact) mass is 427 g/mol. The first-order chi connectivity index (χ1) is 14.4. The summed E-state index contributed by atoms with van der Waals surface area (Å²) in [5.41, 5.74) is 1.28. The first-order valence-corrected chi connectivity index (χ1v) is 10.6. The highest BCUT2D eigenvalue weighted by atomic mass is 32.1. The normalized spacial score (nSPS) is 11.1. The Morgan fingerprint density at radius 1 is 1.23 bits per heavy atom. The third-order valence-electron chi connectivity index (χ3n) is 4.59. The molecule has 158 valence electrons. The lowest BCUT2D eigenvalue weighted by Crippen LogP contribution is -2.34. The molecule has 1 aromatic carbocycles. The molecule has 30 heavy (non-hydrogen) atoms. The van der Waals surface area contributed by atoms with Gasteiger partial charge >= 0.3 is 5.97 Å². The molecule has 8 heteroatoms. The van der Waals surface area contributed by atoms with Gasteiger partial charge in [-0.25, -0.2) is 9.78 Å². The molecule has 0 aliphatic rings. The summed E-state index contributed by atoms with van der Waals surface area (Å²) in [4.78, 5) is 42.6. The van der Waals surface area contributed by atoms with E-state index in [0.717, 1.165) is 16.9 Å². The minimum absolute atomic E-state index is 0.110. The second kappa shape index (κ2) is 9.67. The minimum atomic E-state index is -0.466. The molecular formula is C22H25N3O4S. The molecule has 3 rings (SSSR count). The lowest BCUT2D eigenvalue weighted by molar-refractivity contribution is -0.121. The summed E-state index contributed by atoms with van der Waals surface area (Å²) >= 11 is 1.13. The Bertz CT molecular complexity index is 1100. The van der Waals surface area contributed by atoms with E-state index in [-0.39, 0.29) is 24.6 Å². The number of aromatic nitrogens is 2. The second-order valence-corrected chi connectivity index (χ2v) is 8.48. The molecule has 0 bridgehead atoms. The van der Waals surface area contributed by atoms with Crippen LogP contribution in [0.15, 0.2) is 41.5 Å². The van der Waals surface area contributed by atoms with Gasteiger partial charge in [-0.3, -0.25) is 14.2 Å².